The number of rotatable bonds is 4. The third-order valence-electron chi connectivity index (χ3n) is 4.47. The molecule has 1 aliphatic heterocycles. The van der Waals surface area contributed by atoms with E-state index in [0.717, 1.165) is 18.4 Å². The second kappa shape index (κ2) is 6.49. The standard InChI is InChI=1S/C18H25NO4/c1-18(2)22-15-9-14(10-16(15)23-18)11-19(3)17(20)21-12-13-7-5-4-6-8-13/h4-8,14-16H,9-12H2,1-3H3/t14-,15+,16-. The number of fused-ring (bicyclic) bond motifs is 1. The monoisotopic (exact) mass is 319 g/mol. The minimum atomic E-state index is -0.471. The van der Waals surface area contributed by atoms with Crippen molar-refractivity contribution in [3.63, 3.8) is 0 Å². The van der Waals surface area contributed by atoms with Gasteiger partial charge in [0.05, 0.1) is 12.2 Å². The maximum atomic E-state index is 12.1. The molecule has 1 aliphatic carbocycles. The highest BCUT2D eigenvalue weighted by Crippen LogP contribution is 2.40. The Bertz CT molecular complexity index is 529. The summed E-state index contributed by atoms with van der Waals surface area (Å²) >= 11 is 0. The zero-order chi connectivity index (χ0) is 16.4. The first-order valence-corrected chi connectivity index (χ1v) is 8.20. The quantitative estimate of drug-likeness (QED) is 0.855. The summed E-state index contributed by atoms with van der Waals surface area (Å²) in [5.41, 5.74) is 0.994. The fraction of sp³-hybridized carbons (Fsp3) is 0.611. The predicted molar refractivity (Wildman–Crippen MR) is 85.8 cm³/mol. The third kappa shape index (κ3) is 4.03. The van der Waals surface area contributed by atoms with E-state index in [1.165, 1.54) is 0 Å². The minimum Gasteiger partial charge on any atom is -0.445 e. The van der Waals surface area contributed by atoms with Crippen LogP contribution in [-0.2, 0) is 20.8 Å². The van der Waals surface area contributed by atoms with E-state index in [1.807, 2.05) is 44.2 Å². The van der Waals surface area contributed by atoms with Crippen LogP contribution in [0.4, 0.5) is 4.79 Å². The van der Waals surface area contributed by atoms with Gasteiger partial charge in [0.15, 0.2) is 5.79 Å². The SMILES string of the molecule is CN(C[C@@H]1C[C@@H]2OC(C)(C)O[C@@H]2C1)C(=O)OCc1ccccc1. The van der Waals surface area contributed by atoms with Gasteiger partial charge in [-0.15, -0.1) is 0 Å². The highest BCUT2D eigenvalue weighted by atomic mass is 16.8. The first-order chi connectivity index (χ1) is 10.9. The van der Waals surface area contributed by atoms with Crippen LogP contribution in [0.15, 0.2) is 30.3 Å². The molecule has 1 aromatic rings. The molecule has 1 heterocycles. The van der Waals surface area contributed by atoms with Gasteiger partial charge in [0.1, 0.15) is 6.61 Å². The molecule has 5 nitrogen and oxygen atoms in total. The summed E-state index contributed by atoms with van der Waals surface area (Å²) in [7, 11) is 1.78. The summed E-state index contributed by atoms with van der Waals surface area (Å²) in [5, 5.41) is 0. The number of carbonyl (C=O) groups is 1. The first-order valence-electron chi connectivity index (χ1n) is 8.20. The molecule has 0 spiro atoms. The van der Waals surface area contributed by atoms with Crippen molar-refractivity contribution in [2.45, 2.75) is 51.3 Å². The molecule has 126 valence electrons. The van der Waals surface area contributed by atoms with Gasteiger partial charge in [0.25, 0.3) is 0 Å². The van der Waals surface area contributed by atoms with E-state index in [1.54, 1.807) is 11.9 Å². The van der Waals surface area contributed by atoms with Crippen LogP contribution in [0.5, 0.6) is 0 Å². The topological polar surface area (TPSA) is 48.0 Å². The lowest BCUT2D eigenvalue weighted by Crippen LogP contribution is -2.32. The van der Waals surface area contributed by atoms with Gasteiger partial charge in [-0.05, 0) is 38.2 Å². The molecular weight excluding hydrogens is 294 g/mol. The number of amides is 1. The Kier molecular flexibility index (Phi) is 4.60. The van der Waals surface area contributed by atoms with Crippen LogP contribution < -0.4 is 0 Å². The average molecular weight is 319 g/mol. The Hall–Kier alpha value is -1.59. The van der Waals surface area contributed by atoms with E-state index in [0.29, 0.717) is 19.1 Å². The van der Waals surface area contributed by atoms with Crippen molar-refractivity contribution in [3.05, 3.63) is 35.9 Å². The molecule has 0 bridgehead atoms. The summed E-state index contributed by atoms with van der Waals surface area (Å²) < 4.78 is 17.1. The van der Waals surface area contributed by atoms with Crippen LogP contribution in [0.2, 0.25) is 0 Å². The summed E-state index contributed by atoms with van der Waals surface area (Å²) in [4.78, 5) is 13.7. The van der Waals surface area contributed by atoms with Crippen molar-refractivity contribution in [1.29, 1.82) is 0 Å². The number of ether oxygens (including phenoxy) is 3. The lowest BCUT2D eigenvalue weighted by atomic mass is 10.1. The molecule has 1 aromatic carbocycles. The van der Waals surface area contributed by atoms with E-state index in [4.69, 9.17) is 14.2 Å². The number of hydrogen-bond donors (Lipinski definition) is 0. The maximum absolute atomic E-state index is 12.1. The molecule has 2 fully saturated rings. The Morgan fingerprint density at radius 3 is 2.43 bits per heavy atom. The Morgan fingerprint density at radius 1 is 1.22 bits per heavy atom. The van der Waals surface area contributed by atoms with Crippen LogP contribution in [0.25, 0.3) is 0 Å². The third-order valence-corrected chi connectivity index (χ3v) is 4.47. The molecule has 0 aromatic heterocycles. The molecule has 0 N–H and O–H groups in total. The molecule has 3 atom stereocenters. The summed E-state index contributed by atoms with van der Waals surface area (Å²) in [6.45, 7) is 4.88. The van der Waals surface area contributed by atoms with Crippen molar-refractivity contribution in [2.75, 3.05) is 13.6 Å². The van der Waals surface area contributed by atoms with E-state index in [9.17, 15) is 4.79 Å². The largest absolute Gasteiger partial charge is 0.445 e. The van der Waals surface area contributed by atoms with E-state index >= 15 is 0 Å². The molecule has 0 radical (unpaired) electrons. The van der Waals surface area contributed by atoms with Gasteiger partial charge in [-0.1, -0.05) is 30.3 Å². The molecule has 1 saturated heterocycles. The fourth-order valence-corrected chi connectivity index (χ4v) is 3.50. The van der Waals surface area contributed by atoms with Gasteiger partial charge in [0.2, 0.25) is 0 Å². The van der Waals surface area contributed by atoms with Crippen molar-refractivity contribution >= 4 is 6.09 Å². The van der Waals surface area contributed by atoms with Crippen molar-refractivity contribution in [1.82, 2.24) is 4.90 Å². The van der Waals surface area contributed by atoms with Crippen LogP contribution in [0.1, 0.15) is 32.3 Å². The smallest absolute Gasteiger partial charge is 0.409 e. The van der Waals surface area contributed by atoms with E-state index in [2.05, 4.69) is 0 Å². The average Bonchev–Trinajstić information content (AvgIpc) is 2.98. The van der Waals surface area contributed by atoms with E-state index < -0.39 is 5.79 Å². The lowest BCUT2D eigenvalue weighted by molar-refractivity contribution is -0.154. The highest BCUT2D eigenvalue weighted by Gasteiger charge is 2.47. The number of hydrogen-bond acceptors (Lipinski definition) is 4. The number of carbonyl (C=O) groups excluding carboxylic acids is 1. The van der Waals surface area contributed by atoms with Gasteiger partial charge < -0.3 is 19.1 Å². The highest BCUT2D eigenvalue weighted by molar-refractivity contribution is 5.67. The van der Waals surface area contributed by atoms with Crippen molar-refractivity contribution in [2.24, 2.45) is 5.92 Å². The van der Waals surface area contributed by atoms with Gasteiger partial charge in [-0.3, -0.25) is 0 Å². The van der Waals surface area contributed by atoms with Crippen molar-refractivity contribution < 1.29 is 19.0 Å². The molecule has 0 unspecified atom stereocenters. The van der Waals surface area contributed by atoms with Gasteiger partial charge in [-0.2, -0.15) is 0 Å². The van der Waals surface area contributed by atoms with Crippen LogP contribution in [-0.4, -0.2) is 42.6 Å². The molecule has 23 heavy (non-hydrogen) atoms. The van der Waals surface area contributed by atoms with Gasteiger partial charge in [0, 0.05) is 13.6 Å². The van der Waals surface area contributed by atoms with E-state index in [-0.39, 0.29) is 18.3 Å². The first kappa shape index (κ1) is 16.3. The van der Waals surface area contributed by atoms with Crippen LogP contribution in [0, 0.1) is 5.92 Å². The van der Waals surface area contributed by atoms with Gasteiger partial charge in [-0.25, -0.2) is 4.79 Å². The summed E-state index contributed by atoms with van der Waals surface area (Å²) in [6, 6.07) is 9.71. The van der Waals surface area contributed by atoms with Gasteiger partial charge >= 0.3 is 6.09 Å². The lowest BCUT2D eigenvalue weighted by Gasteiger charge is -2.23. The van der Waals surface area contributed by atoms with Crippen LogP contribution >= 0.6 is 0 Å². The minimum absolute atomic E-state index is 0.156. The fourth-order valence-electron chi connectivity index (χ4n) is 3.50. The molecule has 1 saturated carbocycles. The number of nitrogens with zero attached hydrogens (tertiary/aromatic N) is 1. The van der Waals surface area contributed by atoms with Crippen molar-refractivity contribution in [3.8, 4) is 0 Å². The second-order valence-electron chi connectivity index (χ2n) is 6.97. The Morgan fingerprint density at radius 2 is 1.83 bits per heavy atom. The Labute approximate surface area is 137 Å². The molecule has 3 rings (SSSR count). The summed E-state index contributed by atoms with van der Waals surface area (Å²) in [6.07, 6.45) is 1.90. The van der Waals surface area contributed by atoms with Crippen LogP contribution in [0.3, 0.4) is 0 Å². The molecule has 1 amide bonds. The molecular formula is C18H25NO4. The molecule has 2 aliphatic rings. The zero-order valence-corrected chi connectivity index (χ0v) is 14.0. The normalized spacial score (nSPS) is 28.4. The second-order valence-corrected chi connectivity index (χ2v) is 6.97. The Balaban J connectivity index is 1.43. The summed E-state index contributed by atoms with van der Waals surface area (Å²) in [5.74, 6) is -0.0729. The predicted octanol–water partition coefficient (Wildman–Crippen LogP) is 3.19. The maximum Gasteiger partial charge on any atom is 0.409 e. The zero-order valence-electron chi connectivity index (χ0n) is 14.0. The molecule has 5 heteroatoms. The number of benzene rings is 1.